The fourth-order valence-corrected chi connectivity index (χ4v) is 1.18. The van der Waals surface area contributed by atoms with Gasteiger partial charge in [0, 0.05) is 12.5 Å². The van der Waals surface area contributed by atoms with Crippen LogP contribution in [0.1, 0.15) is 5.56 Å². The van der Waals surface area contributed by atoms with E-state index in [0.717, 1.165) is 12.1 Å². The monoisotopic (exact) mass is 240 g/mol. The van der Waals surface area contributed by atoms with E-state index >= 15 is 0 Å². The van der Waals surface area contributed by atoms with E-state index in [2.05, 4.69) is 0 Å². The molecule has 1 rings (SSSR count). The van der Waals surface area contributed by atoms with Crippen molar-refractivity contribution in [1.29, 1.82) is 0 Å². The lowest BCUT2D eigenvalue weighted by Crippen LogP contribution is -2.47. The standard InChI is InChI=1S/C9H9F5N2/c10-6-2-1-5(7(11)4-6)3-8(16-15)9(12,13)14/h1-2,4,8,16H,3,15H2. The number of hydrogen-bond acceptors (Lipinski definition) is 2. The number of nitrogens with one attached hydrogen (secondary N) is 1. The minimum atomic E-state index is -4.59. The van der Waals surface area contributed by atoms with Crippen molar-refractivity contribution in [1.82, 2.24) is 5.43 Å². The molecule has 0 saturated heterocycles. The SMILES string of the molecule is NNC(Cc1ccc(F)cc1F)C(F)(F)F. The number of rotatable bonds is 3. The third-order valence-electron chi connectivity index (χ3n) is 2.04. The highest BCUT2D eigenvalue weighted by atomic mass is 19.4. The zero-order valence-electron chi connectivity index (χ0n) is 7.98. The Morgan fingerprint density at radius 3 is 2.31 bits per heavy atom. The first-order valence-electron chi connectivity index (χ1n) is 4.31. The fraction of sp³-hybridized carbons (Fsp3) is 0.333. The molecule has 0 aliphatic rings. The second kappa shape index (κ2) is 4.75. The number of halogens is 5. The van der Waals surface area contributed by atoms with Crippen molar-refractivity contribution in [3.63, 3.8) is 0 Å². The van der Waals surface area contributed by atoms with E-state index in [1.807, 2.05) is 0 Å². The molecule has 1 aromatic rings. The second-order valence-corrected chi connectivity index (χ2v) is 3.20. The molecule has 16 heavy (non-hydrogen) atoms. The van der Waals surface area contributed by atoms with Crippen LogP contribution in [0.2, 0.25) is 0 Å². The predicted molar refractivity (Wildman–Crippen MR) is 47.2 cm³/mol. The molecule has 0 aromatic heterocycles. The van der Waals surface area contributed by atoms with Gasteiger partial charge in [-0.1, -0.05) is 6.07 Å². The first kappa shape index (κ1) is 12.9. The summed E-state index contributed by atoms with van der Waals surface area (Å²) in [6, 6.07) is 0.315. The topological polar surface area (TPSA) is 38.0 Å². The summed E-state index contributed by atoms with van der Waals surface area (Å²) in [7, 11) is 0. The maximum atomic E-state index is 13.1. The molecule has 0 radical (unpaired) electrons. The Morgan fingerprint density at radius 1 is 1.25 bits per heavy atom. The van der Waals surface area contributed by atoms with Crippen LogP contribution in [-0.2, 0) is 6.42 Å². The number of hydrogen-bond donors (Lipinski definition) is 2. The zero-order chi connectivity index (χ0) is 12.3. The van der Waals surface area contributed by atoms with Gasteiger partial charge in [-0.2, -0.15) is 13.2 Å². The van der Waals surface area contributed by atoms with Gasteiger partial charge in [0.05, 0.1) is 0 Å². The van der Waals surface area contributed by atoms with Crippen molar-refractivity contribution < 1.29 is 22.0 Å². The molecule has 0 amide bonds. The average molecular weight is 240 g/mol. The van der Waals surface area contributed by atoms with Gasteiger partial charge < -0.3 is 0 Å². The highest BCUT2D eigenvalue weighted by molar-refractivity contribution is 5.19. The van der Waals surface area contributed by atoms with Crippen LogP contribution in [0.3, 0.4) is 0 Å². The van der Waals surface area contributed by atoms with E-state index < -0.39 is 30.3 Å². The summed E-state index contributed by atoms with van der Waals surface area (Å²) in [5.74, 6) is 2.85. The second-order valence-electron chi connectivity index (χ2n) is 3.20. The van der Waals surface area contributed by atoms with Crippen LogP contribution < -0.4 is 11.3 Å². The molecule has 1 aromatic carbocycles. The molecule has 0 spiro atoms. The molecule has 0 bridgehead atoms. The third-order valence-corrected chi connectivity index (χ3v) is 2.04. The number of benzene rings is 1. The van der Waals surface area contributed by atoms with Crippen LogP contribution in [0.15, 0.2) is 18.2 Å². The van der Waals surface area contributed by atoms with Gasteiger partial charge in [0.2, 0.25) is 0 Å². The van der Waals surface area contributed by atoms with E-state index in [1.165, 1.54) is 0 Å². The van der Waals surface area contributed by atoms with Gasteiger partial charge in [-0.25, -0.2) is 14.2 Å². The number of alkyl halides is 3. The van der Waals surface area contributed by atoms with Crippen LogP contribution in [-0.4, -0.2) is 12.2 Å². The lowest BCUT2D eigenvalue weighted by Gasteiger charge is -2.19. The molecule has 0 heterocycles. The molecule has 0 saturated carbocycles. The average Bonchev–Trinajstić information content (AvgIpc) is 2.14. The van der Waals surface area contributed by atoms with Crippen molar-refractivity contribution in [3.8, 4) is 0 Å². The zero-order valence-corrected chi connectivity index (χ0v) is 7.98. The highest BCUT2D eigenvalue weighted by Crippen LogP contribution is 2.23. The molecule has 0 aliphatic carbocycles. The maximum Gasteiger partial charge on any atom is 0.405 e. The Morgan fingerprint density at radius 2 is 1.88 bits per heavy atom. The van der Waals surface area contributed by atoms with Crippen molar-refractivity contribution in [2.24, 2.45) is 5.84 Å². The van der Waals surface area contributed by atoms with E-state index in [-0.39, 0.29) is 5.56 Å². The molecule has 3 N–H and O–H groups in total. The van der Waals surface area contributed by atoms with Crippen molar-refractivity contribution in [2.75, 3.05) is 0 Å². The fourth-order valence-electron chi connectivity index (χ4n) is 1.18. The van der Waals surface area contributed by atoms with Crippen molar-refractivity contribution in [2.45, 2.75) is 18.6 Å². The number of hydrazine groups is 1. The Balaban J connectivity index is 2.86. The van der Waals surface area contributed by atoms with Crippen LogP contribution in [0.5, 0.6) is 0 Å². The van der Waals surface area contributed by atoms with Crippen molar-refractivity contribution in [3.05, 3.63) is 35.4 Å². The van der Waals surface area contributed by atoms with Gasteiger partial charge in [0.15, 0.2) is 0 Å². The van der Waals surface area contributed by atoms with Gasteiger partial charge in [-0.05, 0) is 11.6 Å². The maximum absolute atomic E-state index is 13.1. The Hall–Kier alpha value is -1.21. The van der Waals surface area contributed by atoms with Crippen molar-refractivity contribution >= 4 is 0 Å². The van der Waals surface area contributed by atoms with Gasteiger partial charge in [-0.15, -0.1) is 0 Å². The van der Waals surface area contributed by atoms with Crippen LogP contribution in [0, 0.1) is 11.6 Å². The van der Waals surface area contributed by atoms with Gasteiger partial charge in [0.25, 0.3) is 0 Å². The van der Waals surface area contributed by atoms with E-state index in [0.29, 0.717) is 6.07 Å². The Labute approximate surface area is 88.2 Å². The first-order valence-corrected chi connectivity index (χ1v) is 4.31. The Bertz CT molecular complexity index is 363. The molecule has 7 heteroatoms. The first-order chi connectivity index (χ1) is 7.34. The lowest BCUT2D eigenvalue weighted by atomic mass is 10.1. The summed E-state index contributed by atoms with van der Waals surface area (Å²) in [5, 5.41) is 0. The van der Waals surface area contributed by atoms with Crippen LogP contribution in [0.25, 0.3) is 0 Å². The molecule has 1 unspecified atom stereocenters. The van der Waals surface area contributed by atoms with Gasteiger partial charge in [-0.3, -0.25) is 5.84 Å². The smallest absolute Gasteiger partial charge is 0.271 e. The normalized spacial score (nSPS) is 13.9. The molecule has 1 atom stereocenters. The Kier molecular flexibility index (Phi) is 3.82. The minimum Gasteiger partial charge on any atom is -0.271 e. The third kappa shape index (κ3) is 3.14. The minimum absolute atomic E-state index is 0.248. The number of nitrogens with two attached hydrogens (primary N) is 1. The van der Waals surface area contributed by atoms with E-state index in [1.54, 1.807) is 5.43 Å². The lowest BCUT2D eigenvalue weighted by molar-refractivity contribution is -0.155. The van der Waals surface area contributed by atoms with Crippen LogP contribution in [0.4, 0.5) is 22.0 Å². The van der Waals surface area contributed by atoms with Gasteiger partial charge in [0.1, 0.15) is 17.7 Å². The summed E-state index contributed by atoms with van der Waals surface area (Å²) in [4.78, 5) is 0. The molecule has 90 valence electrons. The summed E-state index contributed by atoms with van der Waals surface area (Å²) in [6.45, 7) is 0. The molecular weight excluding hydrogens is 231 g/mol. The van der Waals surface area contributed by atoms with E-state index in [9.17, 15) is 22.0 Å². The highest BCUT2D eigenvalue weighted by Gasteiger charge is 2.39. The van der Waals surface area contributed by atoms with E-state index in [4.69, 9.17) is 5.84 Å². The summed E-state index contributed by atoms with van der Waals surface area (Å²) in [6.07, 6.45) is -5.28. The summed E-state index contributed by atoms with van der Waals surface area (Å²) < 4.78 is 62.4. The summed E-state index contributed by atoms with van der Waals surface area (Å²) >= 11 is 0. The predicted octanol–water partition coefficient (Wildman–Crippen LogP) is 1.90. The molecule has 2 nitrogen and oxygen atoms in total. The molecule has 0 fully saturated rings. The van der Waals surface area contributed by atoms with Crippen LogP contribution >= 0.6 is 0 Å². The van der Waals surface area contributed by atoms with Gasteiger partial charge >= 0.3 is 6.18 Å². The quantitative estimate of drug-likeness (QED) is 0.481. The molecular formula is C9H9F5N2. The largest absolute Gasteiger partial charge is 0.405 e. The summed E-state index contributed by atoms with van der Waals surface area (Å²) in [5.41, 5.74) is 1.30. The molecule has 0 aliphatic heterocycles.